The molecule has 2 aromatic rings. The zero-order valence-electron chi connectivity index (χ0n) is 10.1. The number of ether oxygens (including phenoxy) is 1. The zero-order chi connectivity index (χ0) is 11.7. The van der Waals surface area contributed by atoms with Crippen LogP contribution in [0.3, 0.4) is 0 Å². The highest BCUT2D eigenvalue weighted by Gasteiger charge is 2.39. The van der Waals surface area contributed by atoms with Gasteiger partial charge in [0.05, 0.1) is 18.6 Å². The summed E-state index contributed by atoms with van der Waals surface area (Å²) in [6.45, 7) is 2.63. The van der Waals surface area contributed by atoms with Crippen molar-refractivity contribution >= 4 is 10.8 Å². The van der Waals surface area contributed by atoms with Crippen LogP contribution in [0.5, 0.6) is 0 Å². The van der Waals surface area contributed by atoms with Crippen LogP contribution in [-0.4, -0.2) is 26.8 Å². The molecule has 17 heavy (non-hydrogen) atoms. The average molecular weight is 227 g/mol. The minimum Gasteiger partial charge on any atom is -0.379 e. The van der Waals surface area contributed by atoms with Crippen LogP contribution in [0.2, 0.25) is 0 Å². The Morgan fingerprint density at radius 3 is 2.53 bits per heavy atom. The van der Waals surface area contributed by atoms with E-state index < -0.39 is 0 Å². The topological polar surface area (TPSA) is 21.3 Å². The van der Waals surface area contributed by atoms with Crippen LogP contribution in [0, 0.1) is 0 Å². The molecule has 0 radical (unpaired) electrons. The molecular formula is C15H17NO. The van der Waals surface area contributed by atoms with Gasteiger partial charge in [-0.2, -0.15) is 0 Å². The zero-order valence-corrected chi connectivity index (χ0v) is 10.1. The molecule has 0 atom stereocenters. The SMILES string of the molecule is CNCC1(c2ccc3ccccc3c2)COC1. The lowest BCUT2D eigenvalue weighted by Crippen LogP contribution is -2.52. The molecule has 0 spiro atoms. The Morgan fingerprint density at radius 2 is 1.88 bits per heavy atom. The highest BCUT2D eigenvalue weighted by Crippen LogP contribution is 2.33. The summed E-state index contributed by atoms with van der Waals surface area (Å²) in [5.41, 5.74) is 1.57. The van der Waals surface area contributed by atoms with Gasteiger partial charge in [0.2, 0.25) is 0 Å². The molecule has 0 aromatic heterocycles. The molecular weight excluding hydrogens is 210 g/mol. The van der Waals surface area contributed by atoms with Crippen LogP contribution in [0.1, 0.15) is 5.56 Å². The smallest absolute Gasteiger partial charge is 0.0598 e. The predicted octanol–water partition coefficient (Wildman–Crippen LogP) is 2.33. The Hall–Kier alpha value is -1.38. The van der Waals surface area contributed by atoms with Crippen molar-refractivity contribution < 1.29 is 4.74 Å². The van der Waals surface area contributed by atoms with E-state index in [1.54, 1.807) is 0 Å². The standard InChI is InChI=1S/C15H17NO/c1-16-9-15(10-17-11-15)14-7-6-12-4-2-3-5-13(12)8-14/h2-8,16H,9-11H2,1H3. The molecule has 2 nitrogen and oxygen atoms in total. The van der Waals surface area contributed by atoms with E-state index in [-0.39, 0.29) is 5.41 Å². The van der Waals surface area contributed by atoms with Crippen LogP contribution in [-0.2, 0) is 10.2 Å². The molecule has 1 aliphatic heterocycles. The van der Waals surface area contributed by atoms with E-state index in [9.17, 15) is 0 Å². The minimum atomic E-state index is 0.179. The van der Waals surface area contributed by atoms with Gasteiger partial charge < -0.3 is 10.1 Å². The molecule has 0 unspecified atom stereocenters. The Balaban J connectivity index is 2.05. The van der Waals surface area contributed by atoms with Gasteiger partial charge in [0.1, 0.15) is 0 Å². The molecule has 1 fully saturated rings. The number of hydrogen-bond acceptors (Lipinski definition) is 2. The summed E-state index contributed by atoms with van der Waals surface area (Å²) in [5, 5.41) is 5.89. The highest BCUT2D eigenvalue weighted by atomic mass is 16.5. The maximum absolute atomic E-state index is 5.42. The van der Waals surface area contributed by atoms with Crippen LogP contribution in [0.4, 0.5) is 0 Å². The van der Waals surface area contributed by atoms with Gasteiger partial charge in [0.15, 0.2) is 0 Å². The molecule has 0 aliphatic carbocycles. The fourth-order valence-corrected chi connectivity index (χ4v) is 2.58. The predicted molar refractivity (Wildman–Crippen MR) is 70.4 cm³/mol. The van der Waals surface area contributed by atoms with Crippen molar-refractivity contribution in [2.24, 2.45) is 0 Å². The monoisotopic (exact) mass is 227 g/mol. The number of rotatable bonds is 3. The Labute approximate surface area is 102 Å². The first kappa shape index (κ1) is 10.8. The van der Waals surface area contributed by atoms with Gasteiger partial charge in [-0.15, -0.1) is 0 Å². The Kier molecular flexibility index (Phi) is 2.61. The molecule has 0 amide bonds. The summed E-state index contributed by atoms with van der Waals surface area (Å²) < 4.78 is 5.42. The number of likely N-dealkylation sites (N-methyl/N-ethyl adjacent to an activating group) is 1. The second-order valence-corrected chi connectivity index (χ2v) is 4.87. The van der Waals surface area contributed by atoms with Crippen molar-refractivity contribution in [1.82, 2.24) is 5.32 Å². The quantitative estimate of drug-likeness (QED) is 0.869. The molecule has 1 aliphatic rings. The summed E-state index contributed by atoms with van der Waals surface area (Å²) >= 11 is 0. The third-order valence-electron chi connectivity index (χ3n) is 3.63. The first-order valence-corrected chi connectivity index (χ1v) is 6.06. The maximum Gasteiger partial charge on any atom is 0.0598 e. The van der Waals surface area contributed by atoms with Crippen molar-refractivity contribution in [3.05, 3.63) is 48.0 Å². The third-order valence-corrected chi connectivity index (χ3v) is 3.63. The van der Waals surface area contributed by atoms with Gasteiger partial charge in [-0.1, -0.05) is 42.5 Å². The molecule has 2 aromatic carbocycles. The van der Waals surface area contributed by atoms with Crippen molar-refractivity contribution in [2.75, 3.05) is 26.8 Å². The second kappa shape index (κ2) is 4.13. The molecule has 0 saturated carbocycles. The second-order valence-electron chi connectivity index (χ2n) is 4.87. The fraction of sp³-hybridized carbons (Fsp3) is 0.333. The van der Waals surface area contributed by atoms with E-state index in [4.69, 9.17) is 4.74 Å². The van der Waals surface area contributed by atoms with E-state index in [0.717, 1.165) is 19.8 Å². The lowest BCUT2D eigenvalue weighted by atomic mass is 9.78. The molecule has 0 bridgehead atoms. The summed E-state index contributed by atoms with van der Waals surface area (Å²) in [6.07, 6.45) is 0. The lowest BCUT2D eigenvalue weighted by molar-refractivity contribution is -0.0581. The Bertz CT molecular complexity index is 531. The number of benzene rings is 2. The van der Waals surface area contributed by atoms with Gasteiger partial charge in [-0.05, 0) is 23.4 Å². The van der Waals surface area contributed by atoms with Crippen LogP contribution >= 0.6 is 0 Å². The highest BCUT2D eigenvalue weighted by molar-refractivity contribution is 5.83. The molecule has 2 heteroatoms. The molecule has 1 saturated heterocycles. The van der Waals surface area contributed by atoms with E-state index >= 15 is 0 Å². The van der Waals surface area contributed by atoms with Crippen LogP contribution in [0.25, 0.3) is 10.8 Å². The normalized spacial score (nSPS) is 17.9. The molecule has 1 heterocycles. The maximum atomic E-state index is 5.42. The van der Waals surface area contributed by atoms with Gasteiger partial charge >= 0.3 is 0 Å². The van der Waals surface area contributed by atoms with Crippen molar-refractivity contribution in [2.45, 2.75) is 5.41 Å². The van der Waals surface area contributed by atoms with E-state index in [1.165, 1.54) is 16.3 Å². The molecule has 1 N–H and O–H groups in total. The third kappa shape index (κ3) is 1.74. The largest absolute Gasteiger partial charge is 0.379 e. The Morgan fingerprint density at radius 1 is 1.12 bits per heavy atom. The van der Waals surface area contributed by atoms with E-state index in [1.807, 2.05) is 7.05 Å². The average Bonchev–Trinajstić information content (AvgIpc) is 2.33. The summed E-state index contributed by atoms with van der Waals surface area (Å²) in [4.78, 5) is 0. The van der Waals surface area contributed by atoms with Gasteiger partial charge in [-0.3, -0.25) is 0 Å². The molecule has 88 valence electrons. The number of nitrogens with one attached hydrogen (secondary N) is 1. The fourth-order valence-electron chi connectivity index (χ4n) is 2.58. The van der Waals surface area contributed by atoms with Crippen molar-refractivity contribution in [3.63, 3.8) is 0 Å². The van der Waals surface area contributed by atoms with Gasteiger partial charge in [0, 0.05) is 6.54 Å². The molecule has 3 rings (SSSR count). The first-order valence-electron chi connectivity index (χ1n) is 6.06. The number of fused-ring (bicyclic) bond motifs is 1. The van der Waals surface area contributed by atoms with Crippen LogP contribution < -0.4 is 5.32 Å². The minimum absolute atomic E-state index is 0.179. The van der Waals surface area contributed by atoms with Crippen LogP contribution in [0.15, 0.2) is 42.5 Å². The van der Waals surface area contributed by atoms with E-state index in [0.29, 0.717) is 0 Å². The summed E-state index contributed by atoms with van der Waals surface area (Å²) in [5.74, 6) is 0. The first-order chi connectivity index (χ1) is 8.34. The lowest BCUT2D eigenvalue weighted by Gasteiger charge is -2.42. The van der Waals surface area contributed by atoms with Gasteiger partial charge in [0.25, 0.3) is 0 Å². The van der Waals surface area contributed by atoms with E-state index in [2.05, 4.69) is 47.8 Å². The number of hydrogen-bond donors (Lipinski definition) is 1. The summed E-state index contributed by atoms with van der Waals surface area (Å²) in [6, 6.07) is 15.2. The van der Waals surface area contributed by atoms with Gasteiger partial charge in [-0.25, -0.2) is 0 Å². The summed E-state index contributed by atoms with van der Waals surface area (Å²) in [7, 11) is 2.00. The van der Waals surface area contributed by atoms with Crippen molar-refractivity contribution in [3.8, 4) is 0 Å². The van der Waals surface area contributed by atoms with Crippen molar-refractivity contribution in [1.29, 1.82) is 0 Å².